The quantitative estimate of drug-likeness (QED) is 0.502. The van der Waals surface area contributed by atoms with Gasteiger partial charge in [0.2, 0.25) is 17.6 Å². The number of aliphatic hydroxyl groups is 2. The van der Waals surface area contributed by atoms with Gasteiger partial charge < -0.3 is 39.5 Å². The number of rotatable bonds is 6. The van der Waals surface area contributed by atoms with Gasteiger partial charge in [-0.2, -0.15) is 0 Å². The molecule has 2 atom stereocenters. The van der Waals surface area contributed by atoms with E-state index in [9.17, 15) is 19.8 Å². The Morgan fingerprint density at radius 1 is 0.974 bits per heavy atom. The van der Waals surface area contributed by atoms with E-state index < -0.39 is 17.6 Å². The summed E-state index contributed by atoms with van der Waals surface area (Å²) in [5.41, 5.74) is 0.373. The standard InChI is InChI=1S/C28H45N3O7/c1-30-17-13-28(14-18-30)12-5-6-15-31(16-11-21(32)22(33)19-29-27(28)35)24(34)10-8-20-7-9-23(36-2)26(38-4)25(20)37-3/h7,9,21-22,32-33H,5-6,8,10-19H2,1-4H3,(H,29,35)/t21-,22+/m0/s1. The molecule has 10 heteroatoms. The third kappa shape index (κ3) is 7.30. The van der Waals surface area contributed by atoms with Crippen molar-refractivity contribution >= 4 is 11.8 Å². The second-order valence-electron chi connectivity index (χ2n) is 10.5. The summed E-state index contributed by atoms with van der Waals surface area (Å²) in [6.07, 6.45) is 2.72. The number of benzene rings is 1. The van der Waals surface area contributed by atoms with Gasteiger partial charge in [-0.1, -0.05) is 12.5 Å². The van der Waals surface area contributed by atoms with E-state index in [0.717, 1.165) is 50.8 Å². The van der Waals surface area contributed by atoms with E-state index >= 15 is 0 Å². The first-order chi connectivity index (χ1) is 18.2. The Morgan fingerprint density at radius 2 is 1.68 bits per heavy atom. The minimum absolute atomic E-state index is 0.00460. The van der Waals surface area contributed by atoms with Gasteiger partial charge in [-0.3, -0.25) is 9.59 Å². The predicted octanol–water partition coefficient (Wildman–Crippen LogP) is 1.60. The van der Waals surface area contributed by atoms with E-state index in [-0.39, 0.29) is 31.2 Å². The largest absolute Gasteiger partial charge is 0.493 e. The summed E-state index contributed by atoms with van der Waals surface area (Å²) < 4.78 is 16.4. The molecular formula is C28H45N3O7. The topological polar surface area (TPSA) is 121 Å². The minimum atomic E-state index is -1.09. The molecule has 10 nitrogen and oxygen atoms in total. The molecule has 2 fully saturated rings. The van der Waals surface area contributed by atoms with Crippen LogP contribution in [0.4, 0.5) is 0 Å². The third-order valence-electron chi connectivity index (χ3n) is 8.12. The van der Waals surface area contributed by atoms with Gasteiger partial charge in [-0.15, -0.1) is 0 Å². The van der Waals surface area contributed by atoms with E-state index in [2.05, 4.69) is 17.3 Å². The maximum absolute atomic E-state index is 13.3. The molecule has 0 saturated carbocycles. The molecule has 214 valence electrons. The van der Waals surface area contributed by atoms with Gasteiger partial charge in [0.15, 0.2) is 11.5 Å². The third-order valence-corrected chi connectivity index (χ3v) is 8.12. The van der Waals surface area contributed by atoms with Crippen LogP contribution in [0.15, 0.2) is 12.1 Å². The fourth-order valence-corrected chi connectivity index (χ4v) is 5.53. The highest BCUT2D eigenvalue weighted by Gasteiger charge is 2.40. The highest BCUT2D eigenvalue weighted by atomic mass is 16.5. The van der Waals surface area contributed by atoms with E-state index in [1.165, 1.54) is 0 Å². The zero-order valence-electron chi connectivity index (χ0n) is 23.3. The molecule has 2 saturated heterocycles. The number of ether oxygens (including phenoxy) is 3. The highest BCUT2D eigenvalue weighted by Crippen LogP contribution is 2.40. The number of hydrogen-bond acceptors (Lipinski definition) is 8. The predicted molar refractivity (Wildman–Crippen MR) is 144 cm³/mol. The molecule has 0 aliphatic carbocycles. The number of hydrogen-bond donors (Lipinski definition) is 3. The first kappa shape index (κ1) is 30.0. The number of carbonyl (C=O) groups is 2. The number of β-amino-alcohol motifs (C(OH)–C–C–N with tert-alkyl or cyclic N) is 1. The van der Waals surface area contributed by atoms with Gasteiger partial charge in [-0.05, 0) is 70.3 Å². The number of aryl methyl sites for hydroxylation is 1. The van der Waals surface area contributed by atoms with Crippen LogP contribution in [0.1, 0.15) is 50.5 Å². The van der Waals surface area contributed by atoms with Crippen LogP contribution in [-0.2, 0) is 16.0 Å². The van der Waals surface area contributed by atoms with Crippen LogP contribution in [0.2, 0.25) is 0 Å². The van der Waals surface area contributed by atoms with E-state index in [0.29, 0.717) is 36.8 Å². The first-order valence-corrected chi connectivity index (χ1v) is 13.6. The second-order valence-corrected chi connectivity index (χ2v) is 10.5. The average molecular weight is 536 g/mol. The maximum atomic E-state index is 13.3. The lowest BCUT2D eigenvalue weighted by Crippen LogP contribution is -2.50. The number of amides is 2. The zero-order valence-corrected chi connectivity index (χ0v) is 23.3. The molecule has 0 aromatic heterocycles. The van der Waals surface area contributed by atoms with Crippen molar-refractivity contribution in [1.82, 2.24) is 15.1 Å². The number of nitrogens with zero attached hydrogens (tertiary/aromatic N) is 2. The van der Waals surface area contributed by atoms with Crippen LogP contribution in [0.5, 0.6) is 17.2 Å². The van der Waals surface area contributed by atoms with Gasteiger partial charge in [0.05, 0.1) is 39.0 Å². The lowest BCUT2D eigenvalue weighted by molar-refractivity contribution is -0.135. The minimum Gasteiger partial charge on any atom is -0.493 e. The van der Waals surface area contributed by atoms with Crippen molar-refractivity contribution in [3.05, 3.63) is 17.7 Å². The Labute approximate surface area is 226 Å². The second kappa shape index (κ2) is 14.0. The molecule has 2 amide bonds. The maximum Gasteiger partial charge on any atom is 0.226 e. The number of aliphatic hydroxyl groups excluding tert-OH is 2. The van der Waals surface area contributed by atoms with Crippen molar-refractivity contribution in [2.45, 2.75) is 63.6 Å². The Balaban J connectivity index is 1.69. The molecule has 3 N–H and O–H groups in total. The van der Waals surface area contributed by atoms with Gasteiger partial charge >= 0.3 is 0 Å². The van der Waals surface area contributed by atoms with Gasteiger partial charge in [0.1, 0.15) is 0 Å². The molecule has 2 aliphatic rings. The molecule has 2 heterocycles. The Bertz CT molecular complexity index is 933. The van der Waals surface area contributed by atoms with Crippen LogP contribution in [0.3, 0.4) is 0 Å². The van der Waals surface area contributed by atoms with Crippen molar-refractivity contribution in [3.8, 4) is 17.2 Å². The van der Waals surface area contributed by atoms with Crippen molar-refractivity contribution in [2.75, 3.05) is 61.1 Å². The molecule has 1 aromatic rings. The van der Waals surface area contributed by atoms with Crippen LogP contribution < -0.4 is 19.5 Å². The molecule has 0 bridgehead atoms. The zero-order chi connectivity index (χ0) is 27.7. The highest BCUT2D eigenvalue weighted by molar-refractivity contribution is 5.82. The van der Waals surface area contributed by atoms with Crippen LogP contribution in [-0.4, -0.2) is 105 Å². The smallest absolute Gasteiger partial charge is 0.226 e. The lowest BCUT2D eigenvalue weighted by Gasteiger charge is -2.39. The van der Waals surface area contributed by atoms with Crippen LogP contribution in [0.25, 0.3) is 0 Å². The van der Waals surface area contributed by atoms with E-state index in [4.69, 9.17) is 14.2 Å². The van der Waals surface area contributed by atoms with Crippen molar-refractivity contribution in [2.24, 2.45) is 5.41 Å². The number of piperidine rings is 1. The van der Waals surface area contributed by atoms with Crippen molar-refractivity contribution < 1.29 is 34.0 Å². The lowest BCUT2D eigenvalue weighted by atomic mass is 9.73. The number of carbonyl (C=O) groups excluding carboxylic acids is 2. The summed E-state index contributed by atoms with van der Waals surface area (Å²) in [6, 6.07) is 3.67. The van der Waals surface area contributed by atoms with Crippen molar-refractivity contribution in [1.29, 1.82) is 0 Å². The molecule has 0 radical (unpaired) electrons. The van der Waals surface area contributed by atoms with E-state index in [1.807, 2.05) is 6.07 Å². The normalized spacial score (nSPS) is 23.5. The molecular weight excluding hydrogens is 490 g/mol. The molecule has 1 spiro atoms. The Kier molecular flexibility index (Phi) is 11.1. The SMILES string of the molecule is COc1ccc(CCC(=O)N2CCCCC3(CCN(C)CC3)C(=O)NC[C@@H](O)[C@@H](O)CC2)c(OC)c1OC. The fourth-order valence-electron chi connectivity index (χ4n) is 5.53. The van der Waals surface area contributed by atoms with Gasteiger partial charge in [0, 0.05) is 26.1 Å². The van der Waals surface area contributed by atoms with Crippen LogP contribution >= 0.6 is 0 Å². The molecule has 1 aromatic carbocycles. The summed E-state index contributed by atoms with van der Waals surface area (Å²) in [5.74, 6) is 1.53. The Morgan fingerprint density at radius 3 is 2.34 bits per heavy atom. The molecule has 3 rings (SSSR count). The van der Waals surface area contributed by atoms with Gasteiger partial charge in [-0.25, -0.2) is 0 Å². The number of methoxy groups -OCH3 is 3. The molecule has 2 aliphatic heterocycles. The van der Waals surface area contributed by atoms with E-state index in [1.54, 1.807) is 32.3 Å². The summed E-state index contributed by atoms with van der Waals surface area (Å²) in [7, 11) is 6.73. The fraction of sp³-hybridized carbons (Fsp3) is 0.714. The van der Waals surface area contributed by atoms with Crippen LogP contribution in [0, 0.1) is 5.41 Å². The number of likely N-dealkylation sites (tertiary alicyclic amines) is 1. The average Bonchev–Trinajstić information content (AvgIpc) is 2.94. The van der Waals surface area contributed by atoms with Crippen molar-refractivity contribution in [3.63, 3.8) is 0 Å². The summed E-state index contributed by atoms with van der Waals surface area (Å²) in [6.45, 7) is 2.59. The van der Waals surface area contributed by atoms with Gasteiger partial charge in [0.25, 0.3) is 0 Å². The molecule has 38 heavy (non-hydrogen) atoms. The number of nitrogens with one attached hydrogen (secondary N) is 1. The molecule has 0 unspecified atom stereocenters. The monoisotopic (exact) mass is 535 g/mol. The summed E-state index contributed by atoms with van der Waals surface area (Å²) in [4.78, 5) is 30.5. The first-order valence-electron chi connectivity index (χ1n) is 13.6. The Hall–Kier alpha value is -2.56. The summed E-state index contributed by atoms with van der Waals surface area (Å²) >= 11 is 0. The summed E-state index contributed by atoms with van der Waals surface area (Å²) in [5, 5.41) is 23.9.